The average Bonchev–Trinajstić information content (AvgIpc) is 2.18. The zero-order chi connectivity index (χ0) is 11.5. The van der Waals surface area contributed by atoms with Gasteiger partial charge in [-0.2, -0.15) is 0 Å². The van der Waals surface area contributed by atoms with E-state index in [1.807, 2.05) is 0 Å². The second kappa shape index (κ2) is 4.37. The van der Waals surface area contributed by atoms with E-state index in [0.29, 0.717) is 5.56 Å². The van der Waals surface area contributed by atoms with E-state index in [9.17, 15) is 9.18 Å². The van der Waals surface area contributed by atoms with Crippen LogP contribution in [0.3, 0.4) is 0 Å². The predicted molar refractivity (Wildman–Crippen MR) is 51.5 cm³/mol. The first kappa shape index (κ1) is 11.6. The minimum absolute atomic E-state index is 0.173. The number of nitrogens with two attached hydrogens (primary N) is 1. The van der Waals surface area contributed by atoms with Crippen LogP contribution in [0.4, 0.5) is 4.39 Å². The van der Waals surface area contributed by atoms with Crippen LogP contribution in [0.2, 0.25) is 0 Å². The first-order chi connectivity index (χ1) is 7.00. The highest BCUT2D eigenvalue weighted by molar-refractivity contribution is 5.81. The maximum absolute atomic E-state index is 12.7. The Kier molecular flexibility index (Phi) is 3.39. The van der Waals surface area contributed by atoms with Crippen LogP contribution in [0.15, 0.2) is 24.3 Å². The molecule has 0 fully saturated rings. The molecule has 0 aliphatic heterocycles. The Hall–Kier alpha value is -1.46. The van der Waals surface area contributed by atoms with E-state index in [1.54, 1.807) is 0 Å². The molecule has 0 aliphatic carbocycles. The van der Waals surface area contributed by atoms with Gasteiger partial charge in [-0.15, -0.1) is 0 Å². The van der Waals surface area contributed by atoms with Gasteiger partial charge in [0, 0.05) is 0 Å². The number of hydrogen-bond acceptors (Lipinski definition) is 3. The number of hydrogen-bond donors (Lipinski definition) is 2. The molecule has 0 amide bonds. The average molecular weight is 213 g/mol. The molecule has 0 saturated heterocycles. The Morgan fingerprint density at radius 2 is 2.07 bits per heavy atom. The summed E-state index contributed by atoms with van der Waals surface area (Å²) in [6, 6.07) is 5.21. The molecule has 0 spiro atoms. The van der Waals surface area contributed by atoms with Crippen LogP contribution >= 0.6 is 0 Å². The second-order valence-electron chi connectivity index (χ2n) is 3.46. The third-order valence-electron chi connectivity index (χ3n) is 2.33. The van der Waals surface area contributed by atoms with Crippen molar-refractivity contribution >= 4 is 5.97 Å². The number of carbonyl (C=O) groups is 1. The van der Waals surface area contributed by atoms with Crippen molar-refractivity contribution in [3.63, 3.8) is 0 Å². The number of carboxylic acid groups (broad SMARTS) is 1. The Morgan fingerprint density at radius 3 is 2.47 bits per heavy atom. The lowest BCUT2D eigenvalue weighted by atomic mass is 9.83. The Morgan fingerprint density at radius 1 is 1.53 bits per heavy atom. The molecule has 0 bridgehead atoms. The molecule has 0 heterocycles. The summed E-state index contributed by atoms with van der Waals surface area (Å²) in [7, 11) is 0. The molecule has 0 radical (unpaired) electrons. The molecule has 15 heavy (non-hydrogen) atoms. The molecular formula is C10H12FNO3. The van der Waals surface area contributed by atoms with Crippen LogP contribution in [-0.2, 0) is 15.0 Å². The summed E-state index contributed by atoms with van der Waals surface area (Å²) in [5.74, 6) is 3.40. The van der Waals surface area contributed by atoms with Crippen molar-refractivity contribution < 1.29 is 19.1 Å². The van der Waals surface area contributed by atoms with Crippen molar-refractivity contribution in [1.29, 1.82) is 0 Å². The van der Waals surface area contributed by atoms with E-state index in [4.69, 9.17) is 11.0 Å². The topological polar surface area (TPSA) is 72.5 Å². The van der Waals surface area contributed by atoms with Crippen molar-refractivity contribution in [1.82, 2.24) is 0 Å². The van der Waals surface area contributed by atoms with E-state index >= 15 is 0 Å². The first-order valence-corrected chi connectivity index (χ1v) is 4.32. The van der Waals surface area contributed by atoms with E-state index < -0.39 is 17.2 Å². The lowest BCUT2D eigenvalue weighted by Crippen LogP contribution is -2.38. The van der Waals surface area contributed by atoms with E-state index in [2.05, 4.69) is 4.84 Å². The van der Waals surface area contributed by atoms with Crippen molar-refractivity contribution in [2.45, 2.75) is 12.3 Å². The van der Waals surface area contributed by atoms with Crippen LogP contribution in [0, 0.1) is 5.82 Å². The zero-order valence-corrected chi connectivity index (χ0v) is 8.24. The van der Waals surface area contributed by atoms with Crippen molar-refractivity contribution in [3.8, 4) is 0 Å². The molecule has 82 valence electrons. The normalized spacial score (nSPS) is 14.6. The molecule has 0 aromatic heterocycles. The van der Waals surface area contributed by atoms with Crippen LogP contribution in [0.25, 0.3) is 0 Å². The molecule has 1 aromatic rings. The van der Waals surface area contributed by atoms with Gasteiger partial charge >= 0.3 is 5.97 Å². The Labute approximate surface area is 86.4 Å². The van der Waals surface area contributed by atoms with Crippen molar-refractivity contribution in [2.24, 2.45) is 5.90 Å². The van der Waals surface area contributed by atoms with Gasteiger partial charge in [0.1, 0.15) is 11.2 Å². The lowest BCUT2D eigenvalue weighted by molar-refractivity contribution is -0.145. The van der Waals surface area contributed by atoms with Crippen LogP contribution in [0.5, 0.6) is 0 Å². The summed E-state index contributed by atoms with van der Waals surface area (Å²) in [5.41, 5.74) is -0.815. The van der Waals surface area contributed by atoms with E-state index in [-0.39, 0.29) is 6.61 Å². The molecule has 5 heteroatoms. The van der Waals surface area contributed by atoms with Crippen LogP contribution in [-0.4, -0.2) is 17.7 Å². The maximum atomic E-state index is 12.7. The molecule has 1 aromatic carbocycles. The fourth-order valence-corrected chi connectivity index (χ4v) is 1.25. The summed E-state index contributed by atoms with van der Waals surface area (Å²) >= 11 is 0. The molecular weight excluding hydrogens is 201 g/mol. The van der Waals surface area contributed by atoms with Crippen LogP contribution in [0.1, 0.15) is 12.5 Å². The van der Waals surface area contributed by atoms with Gasteiger partial charge < -0.3 is 9.94 Å². The number of benzene rings is 1. The van der Waals surface area contributed by atoms with Crippen molar-refractivity contribution in [3.05, 3.63) is 35.6 Å². The Bertz CT molecular complexity index is 352. The largest absolute Gasteiger partial charge is 0.481 e. The highest BCUT2D eigenvalue weighted by Crippen LogP contribution is 2.24. The summed E-state index contributed by atoms with van der Waals surface area (Å²) < 4.78 is 12.7. The molecule has 1 unspecified atom stereocenters. The van der Waals surface area contributed by atoms with Gasteiger partial charge in [0.2, 0.25) is 0 Å². The summed E-state index contributed by atoms with van der Waals surface area (Å²) in [6.45, 7) is 1.30. The first-order valence-electron chi connectivity index (χ1n) is 4.32. The number of rotatable bonds is 4. The number of aliphatic carboxylic acids is 1. The number of halogens is 1. The lowest BCUT2D eigenvalue weighted by Gasteiger charge is -2.23. The monoisotopic (exact) mass is 213 g/mol. The Balaban J connectivity index is 3.09. The molecule has 1 rings (SSSR count). The minimum Gasteiger partial charge on any atom is -0.481 e. The van der Waals surface area contributed by atoms with Gasteiger partial charge in [-0.05, 0) is 24.6 Å². The molecule has 0 aliphatic rings. The highest BCUT2D eigenvalue weighted by Gasteiger charge is 2.35. The van der Waals surface area contributed by atoms with Gasteiger partial charge in [-0.25, -0.2) is 10.3 Å². The SMILES string of the molecule is CC(CON)(C(=O)O)c1ccc(F)cc1. The maximum Gasteiger partial charge on any atom is 0.316 e. The molecule has 1 atom stereocenters. The molecule has 0 saturated carbocycles. The van der Waals surface area contributed by atoms with Gasteiger partial charge in [0.15, 0.2) is 0 Å². The summed E-state index contributed by atoms with van der Waals surface area (Å²) in [6.07, 6.45) is 0. The van der Waals surface area contributed by atoms with Gasteiger partial charge in [0.05, 0.1) is 6.61 Å². The van der Waals surface area contributed by atoms with Crippen molar-refractivity contribution in [2.75, 3.05) is 6.61 Å². The smallest absolute Gasteiger partial charge is 0.316 e. The predicted octanol–water partition coefficient (Wildman–Crippen LogP) is 1.06. The minimum atomic E-state index is -1.26. The fraction of sp³-hybridized carbons (Fsp3) is 0.300. The third kappa shape index (κ3) is 2.31. The van der Waals surface area contributed by atoms with Crippen LogP contribution < -0.4 is 5.90 Å². The van der Waals surface area contributed by atoms with E-state index in [1.165, 1.54) is 31.2 Å². The molecule has 3 N–H and O–H groups in total. The fourth-order valence-electron chi connectivity index (χ4n) is 1.25. The highest BCUT2D eigenvalue weighted by atomic mass is 19.1. The quantitative estimate of drug-likeness (QED) is 0.733. The van der Waals surface area contributed by atoms with E-state index in [0.717, 1.165) is 0 Å². The second-order valence-corrected chi connectivity index (χ2v) is 3.46. The summed E-state index contributed by atoms with van der Waals surface area (Å²) in [4.78, 5) is 15.4. The third-order valence-corrected chi connectivity index (χ3v) is 2.33. The van der Waals surface area contributed by atoms with Gasteiger partial charge in [-0.3, -0.25) is 4.79 Å². The molecule has 4 nitrogen and oxygen atoms in total. The zero-order valence-electron chi connectivity index (χ0n) is 8.24. The summed E-state index contributed by atoms with van der Waals surface area (Å²) in [5, 5.41) is 9.06. The standard InChI is InChI=1S/C10H12FNO3/c1-10(6-15-12,9(13)14)7-2-4-8(11)5-3-7/h2-5H,6,12H2,1H3,(H,13,14). The number of carboxylic acids is 1. The van der Waals surface area contributed by atoms with Gasteiger partial charge in [0.25, 0.3) is 0 Å². The van der Waals surface area contributed by atoms with Gasteiger partial charge in [-0.1, -0.05) is 12.1 Å².